The smallest absolute Gasteiger partial charge is 0.342 e. The van der Waals surface area contributed by atoms with Crippen molar-refractivity contribution in [1.82, 2.24) is 10.2 Å². The van der Waals surface area contributed by atoms with Gasteiger partial charge in [0, 0.05) is 22.5 Å². The lowest BCUT2D eigenvalue weighted by molar-refractivity contribution is -0.131. The number of aromatic nitrogens is 2. The highest BCUT2D eigenvalue weighted by atomic mass is 79.9. The molecule has 0 aliphatic heterocycles. The normalized spacial score (nSPS) is 11.7. The van der Waals surface area contributed by atoms with Crippen LogP contribution in [0.15, 0.2) is 59.8 Å². The molecule has 128 valence electrons. The van der Waals surface area contributed by atoms with Crippen LogP contribution >= 0.6 is 27.7 Å². The molecule has 8 heteroatoms. The molecule has 25 heavy (non-hydrogen) atoms. The van der Waals surface area contributed by atoms with Crippen molar-refractivity contribution < 1.29 is 18.7 Å². The van der Waals surface area contributed by atoms with Gasteiger partial charge in [-0.1, -0.05) is 35.0 Å². The van der Waals surface area contributed by atoms with E-state index in [0.717, 1.165) is 21.8 Å². The summed E-state index contributed by atoms with van der Waals surface area (Å²) in [5.41, 5.74) is 0.900. The van der Waals surface area contributed by atoms with Gasteiger partial charge in [-0.15, -0.1) is 10.2 Å². The van der Waals surface area contributed by atoms with Gasteiger partial charge in [-0.25, -0.2) is 4.79 Å². The number of thioether (sulfide) groups is 1. The molecule has 3 aromatic rings. The van der Waals surface area contributed by atoms with Crippen molar-refractivity contribution in [3.8, 4) is 11.3 Å². The number of aliphatic carboxylic acids is 1. The maximum absolute atomic E-state index is 11.5. The number of aryl methyl sites for hydroxylation is 1. The van der Waals surface area contributed by atoms with Crippen LogP contribution < -0.4 is 0 Å². The van der Waals surface area contributed by atoms with E-state index >= 15 is 0 Å². The van der Waals surface area contributed by atoms with Crippen LogP contribution in [0.4, 0.5) is 0 Å². The summed E-state index contributed by atoms with van der Waals surface area (Å²) in [6.07, 6.45) is 2.03. The third kappa shape index (κ3) is 4.40. The van der Waals surface area contributed by atoms with Crippen LogP contribution in [0, 0.1) is 0 Å². The van der Waals surface area contributed by atoms with Crippen LogP contribution in [0.25, 0.3) is 17.4 Å². The molecule has 0 fully saturated rings. The van der Waals surface area contributed by atoms with Crippen LogP contribution in [-0.4, -0.2) is 21.3 Å². The molecule has 0 saturated carbocycles. The Morgan fingerprint density at radius 3 is 2.60 bits per heavy atom. The van der Waals surface area contributed by atoms with Gasteiger partial charge in [-0.3, -0.25) is 0 Å². The summed E-state index contributed by atoms with van der Waals surface area (Å²) >= 11 is 4.27. The summed E-state index contributed by atoms with van der Waals surface area (Å²) in [6.45, 7) is 1.88. The largest absolute Gasteiger partial charge is 0.477 e. The van der Waals surface area contributed by atoms with Crippen LogP contribution in [0.1, 0.15) is 18.6 Å². The Morgan fingerprint density at radius 1 is 1.20 bits per heavy atom. The molecule has 0 aliphatic carbocycles. The van der Waals surface area contributed by atoms with E-state index in [-0.39, 0.29) is 10.1 Å². The van der Waals surface area contributed by atoms with Crippen molar-refractivity contribution in [2.75, 3.05) is 0 Å². The first-order valence-electron chi connectivity index (χ1n) is 7.36. The molecule has 0 saturated heterocycles. The molecule has 6 nitrogen and oxygen atoms in total. The Labute approximate surface area is 156 Å². The molecule has 0 radical (unpaired) electrons. The Hall–Kier alpha value is -2.32. The van der Waals surface area contributed by atoms with Gasteiger partial charge in [0.1, 0.15) is 16.4 Å². The van der Waals surface area contributed by atoms with Gasteiger partial charge in [0.05, 0.1) is 0 Å². The second-order valence-electron chi connectivity index (χ2n) is 4.94. The third-order valence-electron chi connectivity index (χ3n) is 3.19. The molecule has 1 aromatic carbocycles. The minimum Gasteiger partial charge on any atom is -0.477 e. The first-order valence-corrected chi connectivity index (χ1v) is 8.97. The average molecular weight is 421 g/mol. The highest BCUT2D eigenvalue weighted by molar-refractivity contribution is 9.10. The van der Waals surface area contributed by atoms with Crippen molar-refractivity contribution in [2.24, 2.45) is 0 Å². The molecule has 0 aliphatic rings. The predicted octanol–water partition coefficient (Wildman–Crippen LogP) is 4.87. The van der Waals surface area contributed by atoms with Gasteiger partial charge in [-0.2, -0.15) is 0 Å². The van der Waals surface area contributed by atoms with Crippen molar-refractivity contribution >= 4 is 39.7 Å². The minimum absolute atomic E-state index is 0.0306. The summed E-state index contributed by atoms with van der Waals surface area (Å²) in [5.74, 6) is 0.447. The molecular formula is C17H13BrN2O4S. The molecule has 0 atom stereocenters. The highest BCUT2D eigenvalue weighted by Gasteiger charge is 2.16. The van der Waals surface area contributed by atoms with E-state index in [0.29, 0.717) is 23.8 Å². The lowest BCUT2D eigenvalue weighted by atomic mass is 10.2. The molecule has 0 unspecified atom stereocenters. The third-order valence-corrected chi connectivity index (χ3v) is 4.57. The standard InChI is InChI=1S/C17H13BrN2O4S/c1-2-15-19-20-17(24-15)25-14(16(21)22)9-12-7-8-13(23-12)10-3-5-11(18)6-4-10/h3-9H,2H2,1H3,(H,21,22)/b14-9-. The van der Waals surface area contributed by atoms with E-state index in [1.807, 2.05) is 31.2 Å². The number of halogens is 1. The lowest BCUT2D eigenvalue weighted by Crippen LogP contribution is -1.96. The number of nitrogens with zero attached hydrogens (tertiary/aromatic N) is 2. The van der Waals surface area contributed by atoms with Gasteiger partial charge in [0.25, 0.3) is 5.22 Å². The molecule has 3 rings (SSSR count). The van der Waals surface area contributed by atoms with E-state index < -0.39 is 5.97 Å². The Balaban J connectivity index is 1.83. The zero-order chi connectivity index (χ0) is 17.8. The second kappa shape index (κ2) is 7.71. The fourth-order valence-electron chi connectivity index (χ4n) is 1.98. The molecule has 2 aromatic heterocycles. The summed E-state index contributed by atoms with van der Waals surface area (Å²) < 4.78 is 12.0. The molecular weight excluding hydrogens is 408 g/mol. The highest BCUT2D eigenvalue weighted by Crippen LogP contribution is 2.30. The molecule has 0 spiro atoms. The van der Waals surface area contributed by atoms with Crippen LogP contribution in [0.5, 0.6) is 0 Å². The van der Waals surface area contributed by atoms with Crippen molar-refractivity contribution in [2.45, 2.75) is 18.6 Å². The van der Waals surface area contributed by atoms with Crippen LogP contribution in [-0.2, 0) is 11.2 Å². The second-order valence-corrected chi connectivity index (χ2v) is 6.85. The lowest BCUT2D eigenvalue weighted by Gasteiger charge is -1.98. The van der Waals surface area contributed by atoms with Crippen molar-refractivity contribution in [3.63, 3.8) is 0 Å². The number of carbonyl (C=O) groups is 1. The molecule has 0 bridgehead atoms. The number of carboxylic acids is 1. The molecule has 1 N–H and O–H groups in total. The van der Waals surface area contributed by atoms with Gasteiger partial charge >= 0.3 is 5.97 Å². The summed E-state index contributed by atoms with van der Waals surface area (Å²) in [4.78, 5) is 11.5. The summed E-state index contributed by atoms with van der Waals surface area (Å²) in [6, 6.07) is 11.1. The van der Waals surface area contributed by atoms with E-state index in [2.05, 4.69) is 26.1 Å². The van der Waals surface area contributed by atoms with Gasteiger partial charge in [-0.05, 0) is 36.0 Å². The molecule has 0 amide bonds. The number of furan rings is 1. The monoisotopic (exact) mass is 420 g/mol. The van der Waals surface area contributed by atoms with E-state index in [9.17, 15) is 9.90 Å². The minimum atomic E-state index is -1.09. The van der Waals surface area contributed by atoms with E-state index in [1.165, 1.54) is 6.08 Å². The fraction of sp³-hybridized carbons (Fsp3) is 0.118. The number of rotatable bonds is 6. The maximum Gasteiger partial charge on any atom is 0.342 e. The first kappa shape index (κ1) is 17.5. The van der Waals surface area contributed by atoms with Crippen molar-refractivity contribution in [3.05, 3.63) is 57.4 Å². The Kier molecular flexibility index (Phi) is 5.40. The zero-order valence-corrected chi connectivity index (χ0v) is 15.5. The number of carboxylic acid groups (broad SMARTS) is 1. The van der Waals surface area contributed by atoms with E-state index in [1.54, 1.807) is 12.1 Å². The number of hydrogen-bond acceptors (Lipinski definition) is 6. The Morgan fingerprint density at radius 2 is 1.96 bits per heavy atom. The average Bonchev–Trinajstić information content (AvgIpc) is 3.24. The quantitative estimate of drug-likeness (QED) is 0.449. The number of benzene rings is 1. The number of hydrogen-bond donors (Lipinski definition) is 1. The van der Waals surface area contributed by atoms with Gasteiger partial charge < -0.3 is 13.9 Å². The van der Waals surface area contributed by atoms with Crippen LogP contribution in [0.2, 0.25) is 0 Å². The summed E-state index contributed by atoms with van der Waals surface area (Å²) in [5, 5.41) is 17.2. The van der Waals surface area contributed by atoms with Crippen LogP contribution in [0.3, 0.4) is 0 Å². The van der Waals surface area contributed by atoms with E-state index in [4.69, 9.17) is 8.83 Å². The van der Waals surface area contributed by atoms with Gasteiger partial charge in [0.15, 0.2) is 0 Å². The Bertz CT molecular complexity index is 915. The SMILES string of the molecule is CCc1nnc(S/C(=C\c2ccc(-c3ccc(Br)cc3)o2)C(=O)O)o1. The first-order chi connectivity index (χ1) is 12.0. The molecule has 2 heterocycles. The topological polar surface area (TPSA) is 89.4 Å². The van der Waals surface area contributed by atoms with Crippen molar-refractivity contribution in [1.29, 1.82) is 0 Å². The van der Waals surface area contributed by atoms with Gasteiger partial charge in [0.2, 0.25) is 5.89 Å². The fourth-order valence-corrected chi connectivity index (χ4v) is 2.91. The predicted molar refractivity (Wildman–Crippen MR) is 97.0 cm³/mol. The zero-order valence-electron chi connectivity index (χ0n) is 13.1. The maximum atomic E-state index is 11.5. The summed E-state index contributed by atoms with van der Waals surface area (Å²) in [7, 11) is 0.